The molecule has 1 rings (SSSR count). The lowest BCUT2D eigenvalue weighted by Gasteiger charge is -2.19. The standard InChI is InChI=1S/C10H19NO/c1-3-5-10(12)8-11-7-4-6-9(11)2/h9H,3-8H2,1-2H3. The second-order valence-electron chi connectivity index (χ2n) is 3.75. The summed E-state index contributed by atoms with van der Waals surface area (Å²) in [6, 6.07) is 0.630. The molecule has 0 aromatic carbocycles. The maximum Gasteiger partial charge on any atom is 0.146 e. The van der Waals surface area contributed by atoms with E-state index in [-0.39, 0.29) is 0 Å². The van der Waals surface area contributed by atoms with Gasteiger partial charge in [0.25, 0.3) is 0 Å². The number of rotatable bonds is 4. The van der Waals surface area contributed by atoms with Gasteiger partial charge in [0, 0.05) is 12.5 Å². The van der Waals surface area contributed by atoms with E-state index >= 15 is 0 Å². The molecule has 2 nitrogen and oxygen atoms in total. The second kappa shape index (κ2) is 4.61. The summed E-state index contributed by atoms with van der Waals surface area (Å²) in [4.78, 5) is 13.6. The van der Waals surface area contributed by atoms with E-state index in [0.717, 1.165) is 19.4 Å². The molecule has 0 radical (unpaired) electrons. The van der Waals surface area contributed by atoms with Crippen molar-refractivity contribution in [3.63, 3.8) is 0 Å². The summed E-state index contributed by atoms with van der Waals surface area (Å²) in [5, 5.41) is 0. The van der Waals surface area contributed by atoms with Crippen LogP contribution in [0.5, 0.6) is 0 Å². The van der Waals surface area contributed by atoms with Crippen molar-refractivity contribution in [2.75, 3.05) is 13.1 Å². The van der Waals surface area contributed by atoms with E-state index in [1.165, 1.54) is 12.8 Å². The van der Waals surface area contributed by atoms with Gasteiger partial charge in [-0.05, 0) is 32.7 Å². The summed E-state index contributed by atoms with van der Waals surface area (Å²) in [5.74, 6) is 0.409. The number of likely N-dealkylation sites (tertiary alicyclic amines) is 1. The summed E-state index contributed by atoms with van der Waals surface area (Å²) in [5.41, 5.74) is 0. The minimum absolute atomic E-state index is 0.409. The van der Waals surface area contributed by atoms with Crippen LogP contribution < -0.4 is 0 Å². The molecule has 0 amide bonds. The first-order valence-electron chi connectivity index (χ1n) is 4.99. The molecule has 1 unspecified atom stereocenters. The van der Waals surface area contributed by atoms with Gasteiger partial charge in [0.2, 0.25) is 0 Å². The van der Waals surface area contributed by atoms with Crippen molar-refractivity contribution in [1.82, 2.24) is 4.90 Å². The molecule has 1 atom stereocenters. The lowest BCUT2D eigenvalue weighted by molar-refractivity contribution is -0.120. The van der Waals surface area contributed by atoms with E-state index in [1.54, 1.807) is 0 Å². The third-order valence-corrected chi connectivity index (χ3v) is 2.60. The highest BCUT2D eigenvalue weighted by Crippen LogP contribution is 2.15. The van der Waals surface area contributed by atoms with Gasteiger partial charge in [-0.2, -0.15) is 0 Å². The summed E-state index contributed by atoms with van der Waals surface area (Å²) >= 11 is 0. The Labute approximate surface area is 74.9 Å². The fourth-order valence-corrected chi connectivity index (χ4v) is 1.81. The predicted octanol–water partition coefficient (Wildman–Crippen LogP) is 1.84. The highest BCUT2D eigenvalue weighted by molar-refractivity contribution is 5.80. The molecule has 1 fully saturated rings. The number of hydrogen-bond donors (Lipinski definition) is 0. The molecule has 1 heterocycles. The fraction of sp³-hybridized carbons (Fsp3) is 0.900. The number of carbonyl (C=O) groups excluding carboxylic acids is 1. The van der Waals surface area contributed by atoms with Crippen LogP contribution in [-0.2, 0) is 4.79 Å². The Morgan fingerprint density at radius 2 is 2.33 bits per heavy atom. The zero-order valence-corrected chi connectivity index (χ0v) is 8.18. The topological polar surface area (TPSA) is 20.3 Å². The number of Topliss-reactive ketones (excluding diaryl/α,β-unsaturated/α-hetero) is 1. The molecule has 70 valence electrons. The number of nitrogens with zero attached hydrogens (tertiary/aromatic N) is 1. The van der Waals surface area contributed by atoms with Crippen molar-refractivity contribution in [3.8, 4) is 0 Å². The molecule has 0 aliphatic carbocycles. The van der Waals surface area contributed by atoms with Crippen molar-refractivity contribution in [1.29, 1.82) is 0 Å². The Morgan fingerprint density at radius 1 is 1.58 bits per heavy atom. The molecule has 1 aliphatic rings. The highest BCUT2D eigenvalue weighted by atomic mass is 16.1. The van der Waals surface area contributed by atoms with E-state index in [1.807, 2.05) is 0 Å². The molecular formula is C10H19NO. The molecule has 0 aromatic heterocycles. The van der Waals surface area contributed by atoms with Gasteiger partial charge in [0.15, 0.2) is 0 Å². The largest absolute Gasteiger partial charge is 0.298 e. The zero-order valence-electron chi connectivity index (χ0n) is 8.18. The van der Waals surface area contributed by atoms with Crippen LogP contribution in [-0.4, -0.2) is 29.8 Å². The van der Waals surface area contributed by atoms with Crippen LogP contribution in [0.2, 0.25) is 0 Å². The normalized spacial score (nSPS) is 24.7. The lowest BCUT2D eigenvalue weighted by atomic mass is 10.2. The van der Waals surface area contributed by atoms with Crippen LogP contribution in [0.15, 0.2) is 0 Å². The number of carbonyl (C=O) groups is 1. The first kappa shape index (κ1) is 9.72. The van der Waals surface area contributed by atoms with Crippen LogP contribution in [0, 0.1) is 0 Å². The summed E-state index contributed by atoms with van der Waals surface area (Å²) in [7, 11) is 0. The van der Waals surface area contributed by atoms with Gasteiger partial charge in [0.1, 0.15) is 5.78 Å². The number of hydrogen-bond acceptors (Lipinski definition) is 2. The third-order valence-electron chi connectivity index (χ3n) is 2.60. The van der Waals surface area contributed by atoms with Gasteiger partial charge in [-0.25, -0.2) is 0 Å². The Bertz CT molecular complexity index is 156. The molecule has 1 saturated heterocycles. The van der Waals surface area contributed by atoms with Gasteiger partial charge < -0.3 is 0 Å². The van der Waals surface area contributed by atoms with Crippen LogP contribution in [0.4, 0.5) is 0 Å². The van der Waals surface area contributed by atoms with Crippen molar-refractivity contribution < 1.29 is 4.79 Å². The lowest BCUT2D eigenvalue weighted by Crippen LogP contribution is -2.32. The van der Waals surface area contributed by atoms with Crippen LogP contribution in [0.1, 0.15) is 39.5 Å². The van der Waals surface area contributed by atoms with Crippen molar-refractivity contribution in [2.24, 2.45) is 0 Å². The zero-order chi connectivity index (χ0) is 8.97. The third kappa shape index (κ3) is 2.59. The Hall–Kier alpha value is -0.370. The van der Waals surface area contributed by atoms with E-state index in [0.29, 0.717) is 18.4 Å². The maximum atomic E-state index is 11.3. The molecule has 0 spiro atoms. The molecule has 2 heteroatoms. The van der Waals surface area contributed by atoms with Crippen LogP contribution in [0.25, 0.3) is 0 Å². The number of ketones is 1. The molecule has 0 bridgehead atoms. The SMILES string of the molecule is CCCC(=O)CN1CCCC1C. The van der Waals surface area contributed by atoms with Gasteiger partial charge in [-0.3, -0.25) is 9.69 Å². The van der Waals surface area contributed by atoms with E-state index in [2.05, 4.69) is 18.7 Å². The average molecular weight is 169 g/mol. The summed E-state index contributed by atoms with van der Waals surface area (Å²) in [6.45, 7) is 6.09. The molecule has 1 aliphatic heterocycles. The summed E-state index contributed by atoms with van der Waals surface area (Å²) in [6.07, 6.45) is 4.27. The van der Waals surface area contributed by atoms with Crippen molar-refractivity contribution in [2.45, 2.75) is 45.6 Å². The maximum absolute atomic E-state index is 11.3. The fourth-order valence-electron chi connectivity index (χ4n) is 1.81. The molecule has 12 heavy (non-hydrogen) atoms. The van der Waals surface area contributed by atoms with E-state index in [4.69, 9.17) is 0 Å². The average Bonchev–Trinajstić information content (AvgIpc) is 2.37. The van der Waals surface area contributed by atoms with E-state index in [9.17, 15) is 4.79 Å². The van der Waals surface area contributed by atoms with Gasteiger partial charge in [-0.1, -0.05) is 6.92 Å². The summed E-state index contributed by atoms with van der Waals surface area (Å²) < 4.78 is 0. The minimum Gasteiger partial charge on any atom is -0.298 e. The monoisotopic (exact) mass is 169 g/mol. The van der Waals surface area contributed by atoms with Gasteiger partial charge >= 0.3 is 0 Å². The highest BCUT2D eigenvalue weighted by Gasteiger charge is 2.21. The van der Waals surface area contributed by atoms with Crippen LogP contribution >= 0.6 is 0 Å². The first-order valence-corrected chi connectivity index (χ1v) is 4.99. The molecule has 0 N–H and O–H groups in total. The second-order valence-corrected chi connectivity index (χ2v) is 3.75. The van der Waals surface area contributed by atoms with Gasteiger partial charge in [0.05, 0.1) is 6.54 Å². The predicted molar refractivity (Wildman–Crippen MR) is 50.2 cm³/mol. The van der Waals surface area contributed by atoms with Gasteiger partial charge in [-0.15, -0.1) is 0 Å². The Morgan fingerprint density at radius 3 is 2.83 bits per heavy atom. The first-order chi connectivity index (χ1) is 5.74. The molecule has 0 saturated carbocycles. The van der Waals surface area contributed by atoms with Crippen LogP contribution in [0.3, 0.4) is 0 Å². The quantitative estimate of drug-likeness (QED) is 0.640. The smallest absolute Gasteiger partial charge is 0.146 e. The van der Waals surface area contributed by atoms with Crippen molar-refractivity contribution in [3.05, 3.63) is 0 Å². The van der Waals surface area contributed by atoms with E-state index < -0.39 is 0 Å². The Kier molecular flexibility index (Phi) is 3.73. The molecular weight excluding hydrogens is 150 g/mol. The molecule has 0 aromatic rings. The van der Waals surface area contributed by atoms with Crippen molar-refractivity contribution >= 4 is 5.78 Å². The minimum atomic E-state index is 0.409. The Balaban J connectivity index is 2.25.